The van der Waals surface area contributed by atoms with Gasteiger partial charge in [-0.15, -0.1) is 0 Å². The van der Waals surface area contributed by atoms with Crippen LogP contribution in [0.1, 0.15) is 5.69 Å². The molecule has 2 rings (SSSR count). The first-order valence-corrected chi connectivity index (χ1v) is 4.23. The Hall–Kier alpha value is -1.84. The maximum atomic E-state index is 12.7. The van der Waals surface area contributed by atoms with Crippen LogP contribution in [0.3, 0.4) is 0 Å². The van der Waals surface area contributed by atoms with E-state index in [-0.39, 0.29) is 5.82 Å². The fourth-order valence-electron chi connectivity index (χ4n) is 1.31. The number of aromatic nitrogens is 2. The molecule has 0 saturated heterocycles. The van der Waals surface area contributed by atoms with E-state index in [0.29, 0.717) is 0 Å². The van der Waals surface area contributed by atoms with Crippen LogP contribution >= 0.6 is 0 Å². The Kier molecular flexibility index (Phi) is 1.96. The van der Waals surface area contributed by atoms with Gasteiger partial charge in [0.15, 0.2) is 0 Å². The summed E-state index contributed by atoms with van der Waals surface area (Å²) in [5.41, 5.74) is 2.51. The molecule has 2 N–H and O–H groups in total. The van der Waals surface area contributed by atoms with Gasteiger partial charge in [-0.2, -0.15) is 0 Å². The lowest BCUT2D eigenvalue weighted by Gasteiger charge is -1.99. The molecule has 4 heteroatoms. The van der Waals surface area contributed by atoms with E-state index in [4.69, 9.17) is 5.84 Å². The van der Waals surface area contributed by atoms with Gasteiger partial charge < -0.3 is 5.84 Å². The minimum atomic E-state index is -0.251. The Morgan fingerprint density at radius 3 is 2.43 bits per heavy atom. The Labute approximate surface area is 81.0 Å². The van der Waals surface area contributed by atoms with Gasteiger partial charge in [0, 0.05) is 5.56 Å². The lowest BCUT2D eigenvalue weighted by atomic mass is 10.1. The fourth-order valence-corrected chi connectivity index (χ4v) is 1.31. The third kappa shape index (κ3) is 1.35. The number of nitrogen functional groups attached to an aromatic ring is 1. The number of nitrogens with two attached hydrogens (primary N) is 1. The number of imidazole rings is 1. The van der Waals surface area contributed by atoms with Gasteiger partial charge in [-0.25, -0.2) is 9.37 Å². The van der Waals surface area contributed by atoms with Crippen molar-refractivity contribution in [3.63, 3.8) is 0 Å². The van der Waals surface area contributed by atoms with Crippen molar-refractivity contribution in [1.29, 1.82) is 0 Å². The van der Waals surface area contributed by atoms with Crippen LogP contribution in [0.25, 0.3) is 11.3 Å². The first-order chi connectivity index (χ1) is 6.68. The standard InChI is InChI=1S/C10H10FN3/c1-7-10(13-6-14(7)12)8-2-4-9(11)5-3-8/h2-6H,12H2,1H3. The van der Waals surface area contributed by atoms with Crippen molar-refractivity contribution < 1.29 is 4.39 Å². The van der Waals surface area contributed by atoms with Crippen molar-refractivity contribution in [3.05, 3.63) is 42.1 Å². The van der Waals surface area contributed by atoms with Crippen molar-refractivity contribution in [2.24, 2.45) is 0 Å². The molecule has 2 aromatic rings. The second kappa shape index (κ2) is 3.14. The molecule has 0 spiro atoms. The third-order valence-corrected chi connectivity index (χ3v) is 2.16. The molecule has 0 aliphatic rings. The number of nitrogens with zero attached hydrogens (tertiary/aromatic N) is 2. The van der Waals surface area contributed by atoms with Crippen LogP contribution in [0.2, 0.25) is 0 Å². The Balaban J connectivity index is 2.49. The zero-order valence-corrected chi connectivity index (χ0v) is 7.74. The van der Waals surface area contributed by atoms with Crippen LogP contribution in [0.5, 0.6) is 0 Å². The van der Waals surface area contributed by atoms with Crippen LogP contribution in [-0.4, -0.2) is 9.66 Å². The summed E-state index contributed by atoms with van der Waals surface area (Å²) in [6.07, 6.45) is 1.54. The number of halogens is 1. The maximum Gasteiger partial charge on any atom is 0.123 e. The first-order valence-electron chi connectivity index (χ1n) is 4.23. The molecule has 0 bridgehead atoms. The van der Waals surface area contributed by atoms with Gasteiger partial charge >= 0.3 is 0 Å². The smallest absolute Gasteiger partial charge is 0.123 e. The number of hydrogen-bond acceptors (Lipinski definition) is 2. The highest BCUT2D eigenvalue weighted by Crippen LogP contribution is 2.20. The normalized spacial score (nSPS) is 10.4. The van der Waals surface area contributed by atoms with E-state index in [1.54, 1.807) is 12.1 Å². The second-order valence-corrected chi connectivity index (χ2v) is 3.09. The molecule has 1 heterocycles. The minimum absolute atomic E-state index is 0.251. The van der Waals surface area contributed by atoms with Gasteiger partial charge in [0.2, 0.25) is 0 Å². The van der Waals surface area contributed by atoms with E-state index in [2.05, 4.69) is 4.98 Å². The van der Waals surface area contributed by atoms with Gasteiger partial charge in [0.25, 0.3) is 0 Å². The summed E-state index contributed by atoms with van der Waals surface area (Å²) in [6.45, 7) is 1.87. The number of rotatable bonds is 1. The average molecular weight is 191 g/mol. The zero-order valence-electron chi connectivity index (χ0n) is 7.74. The summed E-state index contributed by atoms with van der Waals surface area (Å²) in [7, 11) is 0. The highest BCUT2D eigenvalue weighted by Gasteiger charge is 2.06. The van der Waals surface area contributed by atoms with Crippen LogP contribution in [0, 0.1) is 12.7 Å². The molecule has 0 aliphatic heterocycles. The van der Waals surface area contributed by atoms with Gasteiger partial charge in [-0.1, -0.05) is 0 Å². The maximum absolute atomic E-state index is 12.7. The molecule has 0 fully saturated rings. The average Bonchev–Trinajstić information content (AvgIpc) is 2.50. The molecule has 72 valence electrons. The van der Waals surface area contributed by atoms with Crippen LogP contribution in [-0.2, 0) is 0 Å². The summed E-state index contributed by atoms with van der Waals surface area (Å²) in [6, 6.07) is 6.18. The van der Waals surface area contributed by atoms with Crippen LogP contribution < -0.4 is 5.84 Å². The summed E-state index contributed by atoms with van der Waals surface area (Å²) < 4.78 is 14.1. The highest BCUT2D eigenvalue weighted by molar-refractivity contribution is 5.61. The molecule has 0 radical (unpaired) electrons. The molecular weight excluding hydrogens is 181 g/mol. The first kappa shape index (κ1) is 8.74. The van der Waals surface area contributed by atoms with E-state index in [0.717, 1.165) is 17.0 Å². The van der Waals surface area contributed by atoms with Crippen LogP contribution in [0.15, 0.2) is 30.6 Å². The predicted octanol–water partition coefficient (Wildman–Crippen LogP) is 1.71. The summed E-state index contributed by atoms with van der Waals surface area (Å²) in [4.78, 5) is 4.13. The summed E-state index contributed by atoms with van der Waals surface area (Å²) in [5, 5.41) is 0. The zero-order chi connectivity index (χ0) is 10.1. The van der Waals surface area contributed by atoms with Crippen molar-refractivity contribution in [3.8, 4) is 11.3 Å². The summed E-state index contributed by atoms with van der Waals surface area (Å²) in [5.74, 6) is 5.34. The SMILES string of the molecule is Cc1c(-c2ccc(F)cc2)ncn1N. The van der Waals surface area contributed by atoms with E-state index in [9.17, 15) is 4.39 Å². The fraction of sp³-hybridized carbons (Fsp3) is 0.100. The van der Waals surface area contributed by atoms with Gasteiger partial charge in [-0.3, -0.25) is 4.68 Å². The van der Waals surface area contributed by atoms with Crippen molar-refractivity contribution in [2.45, 2.75) is 6.92 Å². The molecular formula is C10H10FN3. The van der Waals surface area contributed by atoms with Gasteiger partial charge in [0.1, 0.15) is 12.1 Å². The van der Waals surface area contributed by atoms with Gasteiger partial charge in [0.05, 0.1) is 11.4 Å². The Morgan fingerprint density at radius 2 is 1.93 bits per heavy atom. The predicted molar refractivity (Wildman–Crippen MR) is 52.5 cm³/mol. The third-order valence-electron chi connectivity index (χ3n) is 2.16. The molecule has 3 nitrogen and oxygen atoms in total. The molecule has 1 aromatic heterocycles. The second-order valence-electron chi connectivity index (χ2n) is 3.09. The van der Waals surface area contributed by atoms with Gasteiger partial charge in [-0.05, 0) is 31.2 Å². The van der Waals surface area contributed by atoms with E-state index in [1.807, 2.05) is 6.92 Å². The van der Waals surface area contributed by atoms with Crippen molar-refractivity contribution in [2.75, 3.05) is 5.84 Å². The summed E-state index contributed by atoms with van der Waals surface area (Å²) >= 11 is 0. The molecule has 0 unspecified atom stereocenters. The molecule has 0 saturated carbocycles. The molecule has 14 heavy (non-hydrogen) atoms. The topological polar surface area (TPSA) is 43.8 Å². The van der Waals surface area contributed by atoms with Crippen LogP contribution in [0.4, 0.5) is 4.39 Å². The quantitative estimate of drug-likeness (QED) is 0.697. The lowest BCUT2D eigenvalue weighted by molar-refractivity contribution is 0.628. The minimum Gasteiger partial charge on any atom is -0.338 e. The van der Waals surface area contributed by atoms with Crippen molar-refractivity contribution in [1.82, 2.24) is 9.66 Å². The monoisotopic (exact) mass is 191 g/mol. The number of benzene rings is 1. The highest BCUT2D eigenvalue weighted by atomic mass is 19.1. The molecule has 0 atom stereocenters. The molecule has 0 amide bonds. The molecule has 1 aromatic carbocycles. The van der Waals surface area contributed by atoms with E-state index >= 15 is 0 Å². The largest absolute Gasteiger partial charge is 0.338 e. The van der Waals surface area contributed by atoms with E-state index < -0.39 is 0 Å². The Bertz CT molecular complexity index is 445. The van der Waals surface area contributed by atoms with E-state index in [1.165, 1.54) is 23.1 Å². The lowest BCUT2D eigenvalue weighted by Crippen LogP contribution is -2.07. The number of hydrogen-bond donors (Lipinski definition) is 1. The Morgan fingerprint density at radius 1 is 1.29 bits per heavy atom. The van der Waals surface area contributed by atoms with Crippen molar-refractivity contribution >= 4 is 0 Å². The molecule has 0 aliphatic carbocycles.